The SMILES string of the molecule is C=NC(=NC)Nc1cc(N)c(N(C)CCN(C)C)cc1OC. The minimum atomic E-state index is 0.409. The highest BCUT2D eigenvalue weighted by atomic mass is 16.5. The molecule has 7 heteroatoms. The van der Waals surface area contributed by atoms with Crippen molar-refractivity contribution in [1.82, 2.24) is 4.90 Å². The van der Waals surface area contributed by atoms with Gasteiger partial charge in [0.25, 0.3) is 0 Å². The third-order valence-corrected chi connectivity index (χ3v) is 3.25. The largest absolute Gasteiger partial charge is 0.494 e. The number of guanidine groups is 1. The van der Waals surface area contributed by atoms with Gasteiger partial charge in [-0.3, -0.25) is 4.99 Å². The number of nitrogens with two attached hydrogens (primary N) is 1. The molecule has 1 rings (SSSR count). The Morgan fingerprint density at radius 2 is 2.00 bits per heavy atom. The lowest BCUT2D eigenvalue weighted by Crippen LogP contribution is -2.29. The van der Waals surface area contributed by atoms with Crippen molar-refractivity contribution in [1.29, 1.82) is 0 Å². The van der Waals surface area contributed by atoms with Crippen molar-refractivity contribution in [2.45, 2.75) is 0 Å². The lowest BCUT2D eigenvalue weighted by molar-refractivity contribution is 0.413. The summed E-state index contributed by atoms with van der Waals surface area (Å²) in [6.07, 6.45) is 0. The molecule has 1 aromatic carbocycles. The number of hydrogen-bond donors (Lipinski definition) is 2. The molecule has 0 unspecified atom stereocenters. The van der Waals surface area contributed by atoms with Crippen molar-refractivity contribution in [3.63, 3.8) is 0 Å². The Balaban J connectivity index is 3.06. The van der Waals surface area contributed by atoms with E-state index in [1.165, 1.54) is 0 Å². The third kappa shape index (κ3) is 4.63. The number of ether oxygens (including phenoxy) is 1. The van der Waals surface area contributed by atoms with Crippen LogP contribution in [0.1, 0.15) is 0 Å². The zero-order valence-corrected chi connectivity index (χ0v) is 14.1. The van der Waals surface area contributed by atoms with Crippen molar-refractivity contribution in [2.24, 2.45) is 9.98 Å². The van der Waals surface area contributed by atoms with Crippen molar-refractivity contribution in [3.8, 4) is 5.75 Å². The number of rotatable bonds is 6. The van der Waals surface area contributed by atoms with Gasteiger partial charge in [-0.05, 0) is 26.9 Å². The monoisotopic (exact) mass is 306 g/mol. The number of nitrogen functional groups attached to an aromatic ring is 1. The molecular weight excluding hydrogens is 280 g/mol. The van der Waals surface area contributed by atoms with Crippen LogP contribution in [0.15, 0.2) is 22.1 Å². The fourth-order valence-corrected chi connectivity index (χ4v) is 1.94. The van der Waals surface area contributed by atoms with Gasteiger partial charge in [-0.1, -0.05) is 0 Å². The summed E-state index contributed by atoms with van der Waals surface area (Å²) >= 11 is 0. The summed E-state index contributed by atoms with van der Waals surface area (Å²) in [7, 11) is 9.34. The maximum absolute atomic E-state index is 6.17. The van der Waals surface area contributed by atoms with E-state index in [9.17, 15) is 0 Å². The highest BCUT2D eigenvalue weighted by Gasteiger charge is 2.13. The first kappa shape index (κ1) is 17.8. The van der Waals surface area contributed by atoms with Gasteiger partial charge in [-0.2, -0.15) is 0 Å². The second-order valence-corrected chi connectivity index (χ2v) is 5.17. The molecule has 0 amide bonds. The molecule has 0 spiro atoms. The number of likely N-dealkylation sites (N-methyl/N-ethyl adjacent to an activating group) is 2. The molecule has 0 saturated heterocycles. The molecular formula is C15H26N6O. The standard InChI is InChI=1S/C15H26N6O/c1-17-15(18-2)19-12-9-11(16)13(10-14(12)22-6)21(5)8-7-20(3)4/h9-10H,1,7-8,16H2,2-6H3,(H,18,19). The Bertz CT molecular complexity index is 541. The maximum atomic E-state index is 6.17. The summed E-state index contributed by atoms with van der Waals surface area (Å²) in [6, 6.07) is 3.72. The van der Waals surface area contributed by atoms with Crippen LogP contribution < -0.4 is 20.7 Å². The highest BCUT2D eigenvalue weighted by molar-refractivity contribution is 5.98. The van der Waals surface area contributed by atoms with E-state index in [0.717, 1.165) is 18.8 Å². The molecule has 0 aromatic heterocycles. The van der Waals surface area contributed by atoms with Gasteiger partial charge in [0, 0.05) is 33.3 Å². The van der Waals surface area contributed by atoms with Gasteiger partial charge in [0.05, 0.1) is 24.2 Å². The van der Waals surface area contributed by atoms with Gasteiger partial charge in [-0.25, -0.2) is 4.99 Å². The van der Waals surface area contributed by atoms with Gasteiger partial charge >= 0.3 is 0 Å². The van der Waals surface area contributed by atoms with Crippen molar-refractivity contribution >= 4 is 29.7 Å². The Hall–Kier alpha value is -2.28. The molecule has 0 aliphatic rings. The summed E-state index contributed by atoms with van der Waals surface area (Å²) in [6.45, 7) is 5.26. The molecule has 0 radical (unpaired) electrons. The van der Waals surface area contributed by atoms with Gasteiger partial charge < -0.3 is 25.6 Å². The van der Waals surface area contributed by atoms with Crippen LogP contribution in [0.5, 0.6) is 5.75 Å². The van der Waals surface area contributed by atoms with Crippen LogP contribution in [0.2, 0.25) is 0 Å². The fraction of sp³-hybridized carbons (Fsp3) is 0.467. The zero-order chi connectivity index (χ0) is 16.7. The number of aliphatic imine (C=N–C) groups is 2. The number of hydrogen-bond acceptors (Lipinski definition) is 5. The van der Waals surface area contributed by atoms with Crippen LogP contribution in [0, 0.1) is 0 Å². The second kappa shape index (κ2) is 8.23. The van der Waals surface area contributed by atoms with E-state index in [1.54, 1.807) is 14.2 Å². The van der Waals surface area contributed by atoms with E-state index in [2.05, 4.69) is 31.8 Å². The van der Waals surface area contributed by atoms with E-state index in [4.69, 9.17) is 10.5 Å². The predicted octanol–water partition coefficient (Wildman–Crippen LogP) is 1.37. The predicted molar refractivity (Wildman–Crippen MR) is 95.8 cm³/mol. The molecule has 0 aliphatic carbocycles. The quantitative estimate of drug-likeness (QED) is 0.471. The van der Waals surface area contributed by atoms with E-state index < -0.39 is 0 Å². The molecule has 1 aromatic rings. The maximum Gasteiger partial charge on any atom is 0.221 e. The summed E-state index contributed by atoms with van der Waals surface area (Å²) in [5.74, 6) is 1.08. The minimum Gasteiger partial charge on any atom is -0.494 e. The first-order chi connectivity index (χ1) is 10.4. The van der Waals surface area contributed by atoms with Gasteiger partial charge in [0.2, 0.25) is 5.96 Å². The van der Waals surface area contributed by atoms with Gasteiger partial charge in [0.1, 0.15) is 5.75 Å². The van der Waals surface area contributed by atoms with Crippen LogP contribution >= 0.6 is 0 Å². The number of methoxy groups -OCH3 is 1. The summed E-state index contributed by atoms with van der Waals surface area (Å²) < 4.78 is 5.43. The molecule has 0 bridgehead atoms. The average molecular weight is 306 g/mol. The highest BCUT2D eigenvalue weighted by Crippen LogP contribution is 2.35. The lowest BCUT2D eigenvalue weighted by atomic mass is 10.2. The Labute approximate surface area is 132 Å². The van der Waals surface area contributed by atoms with Crippen molar-refractivity contribution in [3.05, 3.63) is 12.1 Å². The minimum absolute atomic E-state index is 0.409. The zero-order valence-electron chi connectivity index (χ0n) is 14.1. The smallest absolute Gasteiger partial charge is 0.221 e. The molecule has 22 heavy (non-hydrogen) atoms. The number of nitrogens with one attached hydrogen (secondary N) is 1. The molecule has 0 saturated carbocycles. The Morgan fingerprint density at radius 1 is 1.32 bits per heavy atom. The molecule has 3 N–H and O–H groups in total. The van der Waals surface area contributed by atoms with Gasteiger partial charge in [-0.15, -0.1) is 0 Å². The summed E-state index contributed by atoms with van der Waals surface area (Å²) in [4.78, 5) is 12.0. The Morgan fingerprint density at radius 3 is 2.50 bits per heavy atom. The summed E-state index contributed by atoms with van der Waals surface area (Å²) in [5, 5.41) is 3.04. The van der Waals surface area contributed by atoms with Crippen molar-refractivity contribution in [2.75, 3.05) is 64.3 Å². The average Bonchev–Trinajstić information content (AvgIpc) is 2.50. The normalized spacial score (nSPS) is 11.5. The first-order valence-electron chi connectivity index (χ1n) is 6.96. The number of nitrogens with zero attached hydrogens (tertiary/aromatic N) is 4. The molecule has 0 heterocycles. The van der Waals surface area contributed by atoms with Gasteiger partial charge in [0.15, 0.2) is 0 Å². The van der Waals surface area contributed by atoms with E-state index in [1.807, 2.05) is 33.3 Å². The third-order valence-electron chi connectivity index (χ3n) is 3.25. The Kier molecular flexibility index (Phi) is 6.65. The van der Waals surface area contributed by atoms with Crippen molar-refractivity contribution < 1.29 is 4.74 Å². The van der Waals surface area contributed by atoms with Crippen LogP contribution in [0.25, 0.3) is 0 Å². The number of benzene rings is 1. The fourth-order valence-electron chi connectivity index (χ4n) is 1.94. The first-order valence-corrected chi connectivity index (χ1v) is 6.96. The molecule has 0 fully saturated rings. The van der Waals surface area contributed by atoms with E-state index in [0.29, 0.717) is 23.1 Å². The van der Waals surface area contributed by atoms with Crippen LogP contribution in [-0.2, 0) is 0 Å². The number of anilines is 3. The van der Waals surface area contributed by atoms with E-state index >= 15 is 0 Å². The molecule has 7 nitrogen and oxygen atoms in total. The molecule has 0 atom stereocenters. The van der Waals surface area contributed by atoms with Crippen LogP contribution in [-0.4, -0.2) is 66.0 Å². The lowest BCUT2D eigenvalue weighted by Gasteiger charge is -2.24. The summed E-state index contributed by atoms with van der Waals surface area (Å²) in [5.41, 5.74) is 8.46. The topological polar surface area (TPSA) is 78.5 Å². The van der Waals surface area contributed by atoms with E-state index in [-0.39, 0.29) is 0 Å². The molecule has 122 valence electrons. The van der Waals surface area contributed by atoms with Crippen LogP contribution in [0.3, 0.4) is 0 Å². The van der Waals surface area contributed by atoms with Crippen LogP contribution in [0.4, 0.5) is 17.1 Å². The molecule has 0 aliphatic heterocycles. The second-order valence-electron chi connectivity index (χ2n) is 5.17.